The topological polar surface area (TPSA) is 105 Å². The fraction of sp³-hybridized carbons (Fsp3) is 0.391. The molecular formula is C23H24N2O8. The van der Waals surface area contributed by atoms with Gasteiger partial charge in [-0.2, -0.15) is 0 Å². The van der Waals surface area contributed by atoms with Crippen molar-refractivity contribution in [3.8, 4) is 34.5 Å². The van der Waals surface area contributed by atoms with Crippen molar-refractivity contribution in [2.45, 2.75) is 13.0 Å². The van der Waals surface area contributed by atoms with Gasteiger partial charge in [-0.05, 0) is 24.1 Å². The van der Waals surface area contributed by atoms with Gasteiger partial charge >= 0.3 is 0 Å². The third kappa shape index (κ3) is 3.42. The quantitative estimate of drug-likeness (QED) is 0.726. The Morgan fingerprint density at radius 1 is 1.06 bits per heavy atom. The summed E-state index contributed by atoms with van der Waals surface area (Å²) in [4.78, 5) is 27.6. The standard InChI is InChI=1S/C23H24N2O8/c1-25-5-4-13-14(18-21(33-11-32-18)20(29-3)17(13)23(25)27)10-24-22(26)12-8-15(28-2)19-16(9-12)30-6-7-31-19/h8-9H,4-7,10-11H2,1-3H3,(H,24,26). The summed E-state index contributed by atoms with van der Waals surface area (Å²) < 4.78 is 33.5. The van der Waals surface area contributed by atoms with E-state index in [1.807, 2.05) is 0 Å². The van der Waals surface area contributed by atoms with Gasteiger partial charge in [0.05, 0.1) is 19.8 Å². The molecule has 0 aromatic heterocycles. The number of rotatable bonds is 5. The maximum atomic E-state index is 13.0. The number of carbonyl (C=O) groups is 2. The first-order valence-electron chi connectivity index (χ1n) is 10.6. The van der Waals surface area contributed by atoms with Crippen LogP contribution in [0.4, 0.5) is 0 Å². The number of fused-ring (bicyclic) bond motifs is 3. The van der Waals surface area contributed by atoms with E-state index in [0.29, 0.717) is 77.4 Å². The Morgan fingerprint density at radius 2 is 1.85 bits per heavy atom. The van der Waals surface area contributed by atoms with E-state index in [0.717, 1.165) is 5.56 Å². The van der Waals surface area contributed by atoms with Crippen LogP contribution in [-0.4, -0.2) is 64.5 Å². The number of methoxy groups -OCH3 is 2. The smallest absolute Gasteiger partial charge is 0.257 e. The number of carbonyl (C=O) groups excluding carboxylic acids is 2. The second-order valence-electron chi connectivity index (χ2n) is 7.79. The van der Waals surface area contributed by atoms with Crippen LogP contribution in [-0.2, 0) is 13.0 Å². The fourth-order valence-electron chi connectivity index (χ4n) is 4.34. The van der Waals surface area contributed by atoms with Crippen molar-refractivity contribution in [1.82, 2.24) is 10.2 Å². The highest BCUT2D eigenvalue weighted by Crippen LogP contribution is 2.49. The average molecular weight is 456 g/mol. The molecule has 0 radical (unpaired) electrons. The monoisotopic (exact) mass is 456 g/mol. The summed E-state index contributed by atoms with van der Waals surface area (Å²) in [6.07, 6.45) is 0.605. The molecule has 174 valence electrons. The normalized spacial score (nSPS) is 15.7. The van der Waals surface area contributed by atoms with Gasteiger partial charge in [0.1, 0.15) is 13.2 Å². The molecule has 0 atom stereocenters. The van der Waals surface area contributed by atoms with Crippen molar-refractivity contribution in [2.75, 3.05) is 47.8 Å². The summed E-state index contributed by atoms with van der Waals surface area (Å²) in [6.45, 7) is 1.52. The zero-order valence-corrected chi connectivity index (χ0v) is 18.6. The van der Waals surface area contributed by atoms with Gasteiger partial charge in [0.25, 0.3) is 11.8 Å². The van der Waals surface area contributed by atoms with Crippen molar-refractivity contribution in [3.05, 3.63) is 34.4 Å². The molecule has 10 nitrogen and oxygen atoms in total. The zero-order valence-electron chi connectivity index (χ0n) is 18.6. The molecule has 3 heterocycles. The third-order valence-corrected chi connectivity index (χ3v) is 5.96. The number of hydrogen-bond donors (Lipinski definition) is 1. The van der Waals surface area contributed by atoms with E-state index < -0.39 is 0 Å². The van der Waals surface area contributed by atoms with E-state index >= 15 is 0 Å². The molecule has 0 aliphatic carbocycles. The van der Waals surface area contributed by atoms with Crippen LogP contribution < -0.4 is 33.7 Å². The fourth-order valence-corrected chi connectivity index (χ4v) is 4.34. The highest BCUT2D eigenvalue weighted by atomic mass is 16.7. The minimum Gasteiger partial charge on any atom is -0.493 e. The van der Waals surface area contributed by atoms with Crippen molar-refractivity contribution in [3.63, 3.8) is 0 Å². The van der Waals surface area contributed by atoms with Crippen LogP contribution in [0.15, 0.2) is 12.1 Å². The number of amides is 2. The maximum Gasteiger partial charge on any atom is 0.257 e. The molecule has 33 heavy (non-hydrogen) atoms. The number of nitrogens with zero attached hydrogens (tertiary/aromatic N) is 1. The van der Waals surface area contributed by atoms with Crippen molar-refractivity contribution >= 4 is 11.8 Å². The summed E-state index contributed by atoms with van der Waals surface area (Å²) in [5.74, 6) is 2.10. The molecule has 2 aromatic rings. The summed E-state index contributed by atoms with van der Waals surface area (Å²) in [7, 11) is 4.75. The summed E-state index contributed by atoms with van der Waals surface area (Å²) in [6, 6.07) is 3.23. The molecule has 3 aliphatic heterocycles. The van der Waals surface area contributed by atoms with E-state index in [4.69, 9.17) is 28.4 Å². The second kappa shape index (κ2) is 8.27. The molecule has 2 amide bonds. The molecule has 0 bridgehead atoms. The van der Waals surface area contributed by atoms with Crippen molar-refractivity contribution in [1.29, 1.82) is 0 Å². The van der Waals surface area contributed by atoms with Gasteiger partial charge in [-0.3, -0.25) is 9.59 Å². The molecular weight excluding hydrogens is 432 g/mol. The van der Waals surface area contributed by atoms with Gasteiger partial charge in [0.2, 0.25) is 18.3 Å². The summed E-state index contributed by atoms with van der Waals surface area (Å²) in [5.41, 5.74) is 2.31. The summed E-state index contributed by atoms with van der Waals surface area (Å²) in [5, 5.41) is 2.92. The predicted molar refractivity (Wildman–Crippen MR) is 115 cm³/mol. The molecule has 0 unspecified atom stereocenters. The molecule has 10 heteroatoms. The number of ether oxygens (including phenoxy) is 6. The largest absolute Gasteiger partial charge is 0.493 e. The lowest BCUT2D eigenvalue weighted by atomic mass is 9.91. The second-order valence-corrected chi connectivity index (χ2v) is 7.79. The van der Waals surface area contributed by atoms with Crippen LogP contribution in [0.1, 0.15) is 31.8 Å². The highest BCUT2D eigenvalue weighted by molar-refractivity contribution is 6.01. The highest BCUT2D eigenvalue weighted by Gasteiger charge is 2.36. The van der Waals surface area contributed by atoms with E-state index in [2.05, 4.69) is 5.32 Å². The van der Waals surface area contributed by atoms with E-state index in [9.17, 15) is 9.59 Å². The van der Waals surface area contributed by atoms with E-state index in [-0.39, 0.29) is 25.2 Å². The first-order chi connectivity index (χ1) is 16.0. The molecule has 0 saturated carbocycles. The van der Waals surface area contributed by atoms with Gasteiger partial charge in [-0.15, -0.1) is 0 Å². The number of nitrogens with one attached hydrogen (secondary N) is 1. The van der Waals surface area contributed by atoms with Gasteiger partial charge in [-0.1, -0.05) is 0 Å². The lowest BCUT2D eigenvalue weighted by molar-refractivity contribution is 0.0775. The Bertz CT molecular complexity index is 1130. The lowest BCUT2D eigenvalue weighted by Gasteiger charge is -2.29. The molecule has 1 N–H and O–H groups in total. The first-order valence-corrected chi connectivity index (χ1v) is 10.6. The number of hydrogen-bond acceptors (Lipinski definition) is 8. The zero-order chi connectivity index (χ0) is 23.1. The van der Waals surface area contributed by atoms with Crippen LogP contribution in [0.25, 0.3) is 0 Å². The minimum atomic E-state index is -0.332. The van der Waals surface area contributed by atoms with Crippen molar-refractivity contribution < 1.29 is 38.0 Å². The molecule has 0 spiro atoms. The molecule has 2 aromatic carbocycles. The lowest BCUT2D eigenvalue weighted by Crippen LogP contribution is -2.36. The molecule has 0 saturated heterocycles. The average Bonchev–Trinajstić information content (AvgIpc) is 3.33. The molecule has 0 fully saturated rings. The van der Waals surface area contributed by atoms with Crippen molar-refractivity contribution in [2.24, 2.45) is 0 Å². The van der Waals surface area contributed by atoms with Gasteiger partial charge < -0.3 is 38.6 Å². The number of benzene rings is 2. The molecule has 5 rings (SSSR count). The SMILES string of the molecule is COc1cc(C(=O)NCc2c3c(c(OC)c4c2OCO4)C(=O)N(C)CC3)cc2c1OCCO2. The Morgan fingerprint density at radius 3 is 2.64 bits per heavy atom. The van der Waals surface area contributed by atoms with Gasteiger partial charge in [0, 0.05) is 31.3 Å². The predicted octanol–water partition coefficient (Wildman–Crippen LogP) is 1.76. The number of likely N-dealkylation sites (N-methyl/N-ethyl adjacent to an activating group) is 1. The Balaban J connectivity index is 1.48. The third-order valence-electron chi connectivity index (χ3n) is 5.96. The van der Waals surface area contributed by atoms with Crippen LogP contribution in [0, 0.1) is 0 Å². The Hall–Kier alpha value is -3.82. The Labute approximate surface area is 190 Å². The van der Waals surface area contributed by atoms with Crippen LogP contribution in [0.2, 0.25) is 0 Å². The van der Waals surface area contributed by atoms with Crippen LogP contribution in [0.5, 0.6) is 34.5 Å². The van der Waals surface area contributed by atoms with E-state index in [1.165, 1.54) is 14.2 Å². The van der Waals surface area contributed by atoms with Gasteiger partial charge in [-0.25, -0.2) is 0 Å². The Kier molecular flexibility index (Phi) is 5.27. The van der Waals surface area contributed by atoms with Crippen LogP contribution in [0.3, 0.4) is 0 Å². The van der Waals surface area contributed by atoms with E-state index in [1.54, 1.807) is 24.1 Å². The summed E-state index contributed by atoms with van der Waals surface area (Å²) >= 11 is 0. The minimum absolute atomic E-state index is 0.0128. The van der Waals surface area contributed by atoms with Gasteiger partial charge in [0.15, 0.2) is 23.0 Å². The molecule has 3 aliphatic rings. The van der Waals surface area contributed by atoms with Crippen LogP contribution >= 0.6 is 0 Å². The first kappa shape index (κ1) is 21.0. The maximum absolute atomic E-state index is 13.0.